The normalized spacial score (nSPS) is 18.1. The molecule has 1 aromatic rings. The van der Waals surface area contributed by atoms with Gasteiger partial charge in [0.2, 0.25) is 5.91 Å². The summed E-state index contributed by atoms with van der Waals surface area (Å²) in [5.41, 5.74) is 2.63. The highest BCUT2D eigenvalue weighted by molar-refractivity contribution is 6.33. The molecule has 1 aliphatic rings. The van der Waals surface area contributed by atoms with Gasteiger partial charge in [0.05, 0.1) is 18.3 Å². The molecule has 0 saturated carbocycles. The molecule has 0 radical (unpaired) electrons. The molecule has 20 heavy (non-hydrogen) atoms. The topological polar surface area (TPSA) is 29.5 Å². The van der Waals surface area contributed by atoms with Crippen LogP contribution in [-0.4, -0.2) is 23.9 Å². The Kier molecular flexibility index (Phi) is 3.83. The zero-order chi connectivity index (χ0) is 15.1. The van der Waals surface area contributed by atoms with Crippen LogP contribution in [0.4, 0.5) is 5.69 Å². The lowest BCUT2D eigenvalue weighted by molar-refractivity contribution is -0.118. The van der Waals surface area contributed by atoms with Gasteiger partial charge in [-0.3, -0.25) is 4.79 Å². The molecule has 4 heteroatoms. The van der Waals surface area contributed by atoms with Crippen LogP contribution in [0.5, 0.6) is 5.75 Å². The summed E-state index contributed by atoms with van der Waals surface area (Å²) in [5, 5.41) is -0.559. The number of hydrogen-bond donors (Lipinski definition) is 0. The third-order valence-electron chi connectivity index (χ3n) is 3.58. The molecule has 0 unspecified atom stereocenters. The van der Waals surface area contributed by atoms with E-state index in [1.165, 1.54) is 0 Å². The molecule has 0 bridgehead atoms. The van der Waals surface area contributed by atoms with E-state index in [4.69, 9.17) is 16.3 Å². The van der Waals surface area contributed by atoms with Crippen LogP contribution in [0, 0.1) is 0 Å². The van der Waals surface area contributed by atoms with Crippen LogP contribution in [0.3, 0.4) is 0 Å². The van der Waals surface area contributed by atoms with Gasteiger partial charge in [0.15, 0.2) is 0 Å². The minimum absolute atomic E-state index is 0.0909. The SMILES string of the molecule is COc1ccc2c(c1)C(C)=CC(C)(C)N2C(=O)[C@H](C)Cl. The van der Waals surface area contributed by atoms with Crippen molar-refractivity contribution in [3.8, 4) is 5.75 Å². The molecule has 1 atom stereocenters. The Labute approximate surface area is 125 Å². The molecule has 1 heterocycles. The van der Waals surface area contributed by atoms with Gasteiger partial charge in [0.1, 0.15) is 11.1 Å². The third-order valence-corrected chi connectivity index (χ3v) is 3.76. The Hall–Kier alpha value is -1.48. The first-order valence-corrected chi connectivity index (χ1v) is 7.07. The van der Waals surface area contributed by atoms with E-state index < -0.39 is 10.9 Å². The van der Waals surface area contributed by atoms with Crippen molar-refractivity contribution >= 4 is 28.8 Å². The number of halogens is 1. The molecular weight excluding hydrogens is 274 g/mol. The van der Waals surface area contributed by atoms with Gasteiger partial charge in [-0.15, -0.1) is 11.6 Å². The van der Waals surface area contributed by atoms with Crippen molar-refractivity contribution in [2.24, 2.45) is 0 Å². The van der Waals surface area contributed by atoms with Crippen molar-refractivity contribution in [1.82, 2.24) is 0 Å². The number of fused-ring (bicyclic) bond motifs is 1. The Morgan fingerprint density at radius 3 is 2.60 bits per heavy atom. The molecule has 0 aromatic heterocycles. The Morgan fingerprint density at radius 2 is 2.05 bits per heavy atom. The highest BCUT2D eigenvalue weighted by Gasteiger charge is 2.37. The van der Waals surface area contributed by atoms with Gasteiger partial charge >= 0.3 is 0 Å². The number of nitrogens with zero attached hydrogens (tertiary/aromatic N) is 1. The van der Waals surface area contributed by atoms with E-state index in [1.54, 1.807) is 18.9 Å². The number of carbonyl (C=O) groups excluding carboxylic acids is 1. The van der Waals surface area contributed by atoms with Crippen molar-refractivity contribution in [2.45, 2.75) is 38.6 Å². The molecule has 0 saturated heterocycles. The maximum absolute atomic E-state index is 12.5. The molecule has 0 spiro atoms. The molecule has 0 aliphatic carbocycles. The predicted molar refractivity (Wildman–Crippen MR) is 83.5 cm³/mol. The summed E-state index contributed by atoms with van der Waals surface area (Å²) in [6.07, 6.45) is 2.09. The van der Waals surface area contributed by atoms with Gasteiger partial charge < -0.3 is 9.64 Å². The fraction of sp³-hybridized carbons (Fsp3) is 0.438. The first-order valence-electron chi connectivity index (χ1n) is 6.64. The molecule has 3 nitrogen and oxygen atoms in total. The zero-order valence-corrected chi connectivity index (χ0v) is 13.3. The van der Waals surface area contributed by atoms with Crippen molar-refractivity contribution in [2.75, 3.05) is 12.0 Å². The smallest absolute Gasteiger partial charge is 0.245 e. The molecule has 1 aliphatic heterocycles. The van der Waals surface area contributed by atoms with E-state index in [0.29, 0.717) is 0 Å². The van der Waals surface area contributed by atoms with E-state index in [1.807, 2.05) is 39.0 Å². The molecule has 0 N–H and O–H groups in total. The monoisotopic (exact) mass is 293 g/mol. The lowest BCUT2D eigenvalue weighted by Crippen LogP contribution is -2.51. The summed E-state index contributed by atoms with van der Waals surface area (Å²) in [5.74, 6) is 0.689. The van der Waals surface area contributed by atoms with E-state index >= 15 is 0 Å². The van der Waals surface area contributed by atoms with Gasteiger partial charge in [0.25, 0.3) is 0 Å². The number of methoxy groups -OCH3 is 1. The Balaban J connectivity index is 2.62. The third kappa shape index (κ3) is 2.42. The van der Waals surface area contributed by atoms with Crippen LogP contribution in [-0.2, 0) is 4.79 Å². The second-order valence-corrected chi connectivity index (χ2v) is 6.31. The summed E-state index contributed by atoms with van der Waals surface area (Å²) >= 11 is 6.01. The maximum atomic E-state index is 12.5. The van der Waals surface area contributed by atoms with E-state index in [-0.39, 0.29) is 5.91 Å². The van der Waals surface area contributed by atoms with Gasteiger partial charge in [-0.25, -0.2) is 0 Å². The summed E-state index contributed by atoms with van der Waals surface area (Å²) in [6, 6.07) is 5.74. The van der Waals surface area contributed by atoms with Crippen molar-refractivity contribution in [1.29, 1.82) is 0 Å². The van der Waals surface area contributed by atoms with Crippen LogP contribution in [0.25, 0.3) is 5.57 Å². The lowest BCUT2D eigenvalue weighted by Gasteiger charge is -2.42. The lowest BCUT2D eigenvalue weighted by atomic mass is 9.88. The Bertz CT molecular complexity index is 576. The summed E-state index contributed by atoms with van der Waals surface area (Å²) < 4.78 is 5.27. The number of anilines is 1. The molecule has 108 valence electrons. The molecule has 2 rings (SSSR count). The molecule has 0 fully saturated rings. The highest BCUT2D eigenvalue weighted by Crippen LogP contribution is 2.41. The molecule has 1 amide bonds. The standard InChI is InChI=1S/C16H20ClNO2/c1-10-9-16(3,4)18(15(19)11(2)17)14-7-6-12(20-5)8-13(10)14/h6-9,11H,1-5H3/t11-/m0/s1. The number of benzene rings is 1. The van der Waals surface area contributed by atoms with Crippen LogP contribution >= 0.6 is 11.6 Å². The quantitative estimate of drug-likeness (QED) is 0.775. The van der Waals surface area contributed by atoms with Crippen molar-refractivity contribution < 1.29 is 9.53 Å². The summed E-state index contributed by atoms with van der Waals surface area (Å²) in [7, 11) is 1.64. The second kappa shape index (κ2) is 5.13. The average Bonchev–Trinajstić information content (AvgIpc) is 2.37. The minimum Gasteiger partial charge on any atom is -0.497 e. The van der Waals surface area contributed by atoms with Crippen LogP contribution in [0.1, 0.15) is 33.3 Å². The van der Waals surface area contributed by atoms with Crippen molar-refractivity contribution in [3.05, 3.63) is 29.8 Å². The van der Waals surface area contributed by atoms with Crippen LogP contribution in [0.2, 0.25) is 0 Å². The molecule has 1 aromatic carbocycles. The van der Waals surface area contributed by atoms with E-state index in [2.05, 4.69) is 6.08 Å². The predicted octanol–water partition coefficient (Wildman–Crippen LogP) is 3.85. The Morgan fingerprint density at radius 1 is 1.40 bits per heavy atom. The van der Waals surface area contributed by atoms with Crippen molar-refractivity contribution in [3.63, 3.8) is 0 Å². The minimum atomic E-state index is -0.559. The van der Waals surface area contributed by atoms with Gasteiger partial charge in [-0.2, -0.15) is 0 Å². The summed E-state index contributed by atoms with van der Waals surface area (Å²) in [4.78, 5) is 14.2. The highest BCUT2D eigenvalue weighted by atomic mass is 35.5. The van der Waals surface area contributed by atoms with Crippen LogP contribution < -0.4 is 9.64 Å². The number of hydrogen-bond acceptors (Lipinski definition) is 2. The fourth-order valence-electron chi connectivity index (χ4n) is 2.72. The number of amides is 1. The first-order chi connectivity index (χ1) is 9.27. The van der Waals surface area contributed by atoms with Gasteiger partial charge in [-0.1, -0.05) is 6.08 Å². The van der Waals surface area contributed by atoms with Crippen LogP contribution in [0.15, 0.2) is 24.3 Å². The maximum Gasteiger partial charge on any atom is 0.245 e. The largest absolute Gasteiger partial charge is 0.497 e. The second-order valence-electron chi connectivity index (χ2n) is 5.65. The summed E-state index contributed by atoms with van der Waals surface area (Å²) in [6.45, 7) is 7.78. The number of rotatable bonds is 2. The molecular formula is C16H20ClNO2. The van der Waals surface area contributed by atoms with E-state index in [0.717, 1.165) is 22.6 Å². The number of alkyl halides is 1. The van der Waals surface area contributed by atoms with Gasteiger partial charge in [-0.05, 0) is 51.5 Å². The first kappa shape index (κ1) is 14.9. The van der Waals surface area contributed by atoms with Gasteiger partial charge in [0, 0.05) is 5.56 Å². The zero-order valence-electron chi connectivity index (χ0n) is 12.5. The number of carbonyl (C=O) groups is 1. The average molecular weight is 294 g/mol. The number of ether oxygens (including phenoxy) is 1. The van der Waals surface area contributed by atoms with E-state index in [9.17, 15) is 4.79 Å². The fourth-order valence-corrected chi connectivity index (χ4v) is 2.81. The number of allylic oxidation sites excluding steroid dienone is 1.